The van der Waals surface area contributed by atoms with Crippen LogP contribution in [0.5, 0.6) is 5.75 Å². The summed E-state index contributed by atoms with van der Waals surface area (Å²) in [7, 11) is 0. The lowest BCUT2D eigenvalue weighted by Crippen LogP contribution is -2.04. The van der Waals surface area contributed by atoms with E-state index in [1.54, 1.807) is 0 Å². The number of hydrogen-bond acceptors (Lipinski definition) is 3. The molecule has 2 nitrogen and oxygen atoms in total. The molecule has 84 valence electrons. The number of nitrogens with two attached hydrogens (primary N) is 1. The molecule has 2 N–H and O–H groups in total. The summed E-state index contributed by atoms with van der Waals surface area (Å²) < 4.78 is 5.63. The van der Waals surface area contributed by atoms with Gasteiger partial charge in [-0.05, 0) is 36.6 Å². The van der Waals surface area contributed by atoms with Crippen molar-refractivity contribution in [2.24, 2.45) is 5.73 Å². The molecule has 1 aromatic carbocycles. The molecule has 0 amide bonds. The van der Waals surface area contributed by atoms with Gasteiger partial charge in [0.25, 0.3) is 0 Å². The highest BCUT2D eigenvalue weighted by Crippen LogP contribution is 2.22. The zero-order chi connectivity index (χ0) is 11.1. The number of halogens is 1. The first kappa shape index (κ1) is 12.7. The van der Waals surface area contributed by atoms with Gasteiger partial charge in [0.1, 0.15) is 5.75 Å². The maximum atomic E-state index is 5.86. The van der Waals surface area contributed by atoms with E-state index < -0.39 is 0 Å². The molecule has 0 aliphatic rings. The molecule has 0 aromatic heterocycles. The third kappa shape index (κ3) is 4.33. The zero-order valence-electron chi connectivity index (χ0n) is 8.83. The largest absolute Gasteiger partial charge is 0.493 e. The molecule has 0 aliphatic carbocycles. The molecule has 0 bridgehead atoms. The van der Waals surface area contributed by atoms with Gasteiger partial charge in [-0.1, -0.05) is 11.6 Å². The SMILES string of the molecule is CSCCCOc1ccc(Cl)cc1CN. The van der Waals surface area contributed by atoms with Crippen molar-refractivity contribution >= 4 is 23.4 Å². The Morgan fingerprint density at radius 1 is 1.47 bits per heavy atom. The smallest absolute Gasteiger partial charge is 0.123 e. The van der Waals surface area contributed by atoms with Crippen molar-refractivity contribution in [3.63, 3.8) is 0 Å². The van der Waals surface area contributed by atoms with E-state index in [1.807, 2.05) is 30.0 Å². The highest BCUT2D eigenvalue weighted by Gasteiger charge is 2.02. The summed E-state index contributed by atoms with van der Waals surface area (Å²) >= 11 is 7.69. The van der Waals surface area contributed by atoms with Crippen molar-refractivity contribution in [3.8, 4) is 5.75 Å². The zero-order valence-corrected chi connectivity index (χ0v) is 10.4. The second-order valence-electron chi connectivity index (χ2n) is 3.15. The third-order valence-corrected chi connectivity index (χ3v) is 2.92. The van der Waals surface area contributed by atoms with Gasteiger partial charge in [0, 0.05) is 17.1 Å². The number of ether oxygens (including phenoxy) is 1. The van der Waals surface area contributed by atoms with Crippen LogP contribution < -0.4 is 10.5 Å². The first-order valence-electron chi connectivity index (χ1n) is 4.88. The first-order chi connectivity index (χ1) is 7.27. The molecule has 0 radical (unpaired) electrons. The van der Waals surface area contributed by atoms with E-state index in [1.165, 1.54) is 0 Å². The Morgan fingerprint density at radius 3 is 2.93 bits per heavy atom. The van der Waals surface area contributed by atoms with Crippen LogP contribution in [-0.4, -0.2) is 18.6 Å². The standard InChI is InChI=1S/C11H16ClNOS/c1-15-6-2-5-14-11-4-3-10(12)7-9(11)8-13/h3-4,7H,2,5-6,8,13H2,1H3. The second kappa shape index (κ2) is 6.99. The molecule has 1 rings (SSSR count). The summed E-state index contributed by atoms with van der Waals surface area (Å²) in [5.74, 6) is 1.97. The van der Waals surface area contributed by atoms with Gasteiger partial charge >= 0.3 is 0 Å². The van der Waals surface area contributed by atoms with Crippen LogP contribution in [-0.2, 0) is 6.54 Å². The van der Waals surface area contributed by atoms with Gasteiger partial charge in [-0.2, -0.15) is 11.8 Å². The fourth-order valence-corrected chi connectivity index (χ4v) is 1.83. The van der Waals surface area contributed by atoms with Crippen molar-refractivity contribution in [2.45, 2.75) is 13.0 Å². The molecule has 0 aliphatic heterocycles. The van der Waals surface area contributed by atoms with Crippen LogP contribution in [0.1, 0.15) is 12.0 Å². The Bertz CT molecular complexity index is 307. The fourth-order valence-electron chi connectivity index (χ4n) is 1.23. The van der Waals surface area contributed by atoms with Gasteiger partial charge in [0.05, 0.1) is 6.61 Å². The molecule has 0 fully saturated rings. The van der Waals surface area contributed by atoms with E-state index >= 15 is 0 Å². The normalized spacial score (nSPS) is 10.3. The van der Waals surface area contributed by atoms with Crippen LogP contribution in [0.25, 0.3) is 0 Å². The molecule has 15 heavy (non-hydrogen) atoms. The Morgan fingerprint density at radius 2 is 2.27 bits per heavy atom. The van der Waals surface area contributed by atoms with Gasteiger partial charge < -0.3 is 10.5 Å². The number of benzene rings is 1. The molecular formula is C11H16ClNOS. The quantitative estimate of drug-likeness (QED) is 0.783. The summed E-state index contributed by atoms with van der Waals surface area (Å²) in [6.07, 6.45) is 3.14. The number of rotatable bonds is 6. The van der Waals surface area contributed by atoms with Gasteiger partial charge in [-0.15, -0.1) is 0 Å². The molecule has 4 heteroatoms. The first-order valence-corrected chi connectivity index (χ1v) is 6.65. The van der Waals surface area contributed by atoms with Crippen LogP contribution in [0.3, 0.4) is 0 Å². The van der Waals surface area contributed by atoms with E-state index in [0.717, 1.165) is 30.1 Å². The van der Waals surface area contributed by atoms with E-state index in [2.05, 4.69) is 6.26 Å². The van der Waals surface area contributed by atoms with E-state index in [4.69, 9.17) is 22.1 Å². The second-order valence-corrected chi connectivity index (χ2v) is 4.57. The Labute approximate surface area is 100 Å². The Balaban J connectivity index is 2.52. The van der Waals surface area contributed by atoms with Crippen molar-refractivity contribution < 1.29 is 4.74 Å². The summed E-state index contributed by atoms with van der Waals surface area (Å²) in [5, 5.41) is 0.701. The van der Waals surface area contributed by atoms with Crippen LogP contribution in [0.15, 0.2) is 18.2 Å². The molecule has 0 saturated heterocycles. The Kier molecular flexibility index (Phi) is 5.91. The fraction of sp³-hybridized carbons (Fsp3) is 0.455. The van der Waals surface area contributed by atoms with Crippen molar-refractivity contribution in [1.82, 2.24) is 0 Å². The van der Waals surface area contributed by atoms with E-state index in [9.17, 15) is 0 Å². The van der Waals surface area contributed by atoms with Gasteiger partial charge in [0.2, 0.25) is 0 Å². The predicted molar refractivity (Wildman–Crippen MR) is 67.8 cm³/mol. The topological polar surface area (TPSA) is 35.2 Å². The van der Waals surface area contributed by atoms with Gasteiger partial charge in [-0.3, -0.25) is 0 Å². The van der Waals surface area contributed by atoms with Crippen molar-refractivity contribution in [3.05, 3.63) is 28.8 Å². The minimum absolute atomic E-state index is 0.457. The monoisotopic (exact) mass is 245 g/mol. The summed E-state index contributed by atoms with van der Waals surface area (Å²) in [6.45, 7) is 1.19. The highest BCUT2D eigenvalue weighted by molar-refractivity contribution is 7.98. The van der Waals surface area contributed by atoms with E-state index in [-0.39, 0.29) is 0 Å². The molecular weight excluding hydrogens is 230 g/mol. The lowest BCUT2D eigenvalue weighted by molar-refractivity contribution is 0.315. The number of hydrogen-bond donors (Lipinski definition) is 1. The molecule has 0 heterocycles. The molecule has 0 spiro atoms. The summed E-state index contributed by atoms with van der Waals surface area (Å²) in [5.41, 5.74) is 6.57. The van der Waals surface area contributed by atoms with Gasteiger partial charge in [0.15, 0.2) is 0 Å². The van der Waals surface area contributed by atoms with Gasteiger partial charge in [-0.25, -0.2) is 0 Å². The molecule has 0 atom stereocenters. The van der Waals surface area contributed by atoms with Crippen LogP contribution in [0.4, 0.5) is 0 Å². The lowest BCUT2D eigenvalue weighted by atomic mass is 10.2. The maximum Gasteiger partial charge on any atom is 0.123 e. The summed E-state index contributed by atoms with van der Waals surface area (Å²) in [4.78, 5) is 0. The van der Waals surface area contributed by atoms with Crippen LogP contribution in [0, 0.1) is 0 Å². The Hall–Kier alpha value is -0.380. The van der Waals surface area contributed by atoms with Crippen molar-refractivity contribution in [2.75, 3.05) is 18.6 Å². The van der Waals surface area contributed by atoms with Crippen LogP contribution in [0.2, 0.25) is 5.02 Å². The lowest BCUT2D eigenvalue weighted by Gasteiger charge is -2.10. The molecule has 0 unspecified atom stereocenters. The van der Waals surface area contributed by atoms with E-state index in [0.29, 0.717) is 11.6 Å². The van der Waals surface area contributed by atoms with Crippen LogP contribution >= 0.6 is 23.4 Å². The maximum absolute atomic E-state index is 5.86. The highest BCUT2D eigenvalue weighted by atomic mass is 35.5. The summed E-state index contributed by atoms with van der Waals surface area (Å²) in [6, 6.07) is 5.56. The van der Waals surface area contributed by atoms with Crippen molar-refractivity contribution in [1.29, 1.82) is 0 Å². The predicted octanol–water partition coefficient (Wildman–Crippen LogP) is 2.93. The average Bonchev–Trinajstić information content (AvgIpc) is 2.26. The third-order valence-electron chi connectivity index (χ3n) is 1.99. The average molecular weight is 246 g/mol. The molecule has 0 saturated carbocycles. The number of thioether (sulfide) groups is 1. The molecule has 1 aromatic rings. The minimum Gasteiger partial charge on any atom is -0.493 e. The minimum atomic E-state index is 0.457.